The van der Waals surface area contributed by atoms with Crippen LogP contribution in [-0.2, 0) is 6.54 Å². The van der Waals surface area contributed by atoms with Gasteiger partial charge in [-0.05, 0) is 54.1 Å². The van der Waals surface area contributed by atoms with E-state index in [4.69, 9.17) is 25.8 Å². The van der Waals surface area contributed by atoms with Crippen LogP contribution in [0.15, 0.2) is 108 Å². The van der Waals surface area contributed by atoms with Crippen molar-refractivity contribution in [3.05, 3.63) is 130 Å². The lowest BCUT2D eigenvalue weighted by Gasteiger charge is -2.15. The molecule has 10 heteroatoms. The molecule has 5 aromatic rings. The molecule has 2 heterocycles. The Kier molecular flexibility index (Phi) is 7.25. The first-order valence-corrected chi connectivity index (χ1v) is 13.1. The van der Waals surface area contributed by atoms with E-state index in [1.54, 1.807) is 66.7 Å². The Morgan fingerprint density at radius 1 is 0.927 bits per heavy atom. The van der Waals surface area contributed by atoms with E-state index in [0.29, 0.717) is 45.8 Å². The number of nitrogens with one attached hydrogen (secondary N) is 2. The number of halogens is 1. The zero-order valence-corrected chi connectivity index (χ0v) is 22.3. The van der Waals surface area contributed by atoms with Crippen LogP contribution < -0.4 is 30.4 Å². The summed E-state index contributed by atoms with van der Waals surface area (Å²) < 4.78 is 18.1. The van der Waals surface area contributed by atoms with Crippen molar-refractivity contribution in [2.45, 2.75) is 6.54 Å². The van der Waals surface area contributed by atoms with Crippen molar-refractivity contribution in [2.24, 2.45) is 0 Å². The van der Waals surface area contributed by atoms with Gasteiger partial charge in [0.25, 0.3) is 11.5 Å². The van der Waals surface area contributed by atoms with Crippen LogP contribution in [0.2, 0.25) is 5.02 Å². The zero-order valence-electron chi connectivity index (χ0n) is 21.5. The highest BCUT2D eigenvalue weighted by Gasteiger charge is 2.19. The van der Waals surface area contributed by atoms with Crippen LogP contribution in [0, 0.1) is 0 Å². The summed E-state index contributed by atoms with van der Waals surface area (Å²) in [5, 5.41) is 10.8. The van der Waals surface area contributed by atoms with Crippen molar-refractivity contribution in [3.63, 3.8) is 0 Å². The summed E-state index contributed by atoms with van der Waals surface area (Å²) in [5.41, 5.74) is 2.03. The van der Waals surface area contributed by atoms with E-state index in [1.165, 1.54) is 10.9 Å². The number of hydrogen-bond acceptors (Lipinski definition) is 7. The lowest BCUT2D eigenvalue weighted by atomic mass is 10.1. The van der Waals surface area contributed by atoms with Crippen LogP contribution in [0.3, 0.4) is 0 Å². The quantitative estimate of drug-likeness (QED) is 0.234. The number of nitrogens with zero attached hydrogens (tertiary/aromatic N) is 2. The molecule has 0 saturated heterocycles. The minimum absolute atomic E-state index is 0.111. The number of ether oxygens (including phenoxy) is 3. The molecule has 41 heavy (non-hydrogen) atoms. The molecule has 204 valence electrons. The first-order chi connectivity index (χ1) is 20.0. The van der Waals surface area contributed by atoms with Crippen LogP contribution in [-0.4, -0.2) is 22.5 Å². The van der Waals surface area contributed by atoms with Gasteiger partial charge in [-0.2, -0.15) is 9.78 Å². The van der Waals surface area contributed by atoms with E-state index >= 15 is 0 Å². The molecule has 2 N–H and O–H groups in total. The van der Waals surface area contributed by atoms with Crippen LogP contribution in [0.5, 0.6) is 23.0 Å². The number of amides is 1. The Balaban J connectivity index is 1.32. The second-order valence-corrected chi connectivity index (χ2v) is 9.51. The van der Waals surface area contributed by atoms with Crippen molar-refractivity contribution >= 4 is 28.9 Å². The highest BCUT2D eigenvalue weighted by Crippen LogP contribution is 2.37. The maximum Gasteiger partial charge on any atom is 0.299 e. The molecule has 0 radical (unpaired) electrons. The van der Waals surface area contributed by atoms with Gasteiger partial charge in [0.05, 0.1) is 11.9 Å². The first-order valence-electron chi connectivity index (χ1n) is 12.7. The molecular formula is C31H23ClN4O5. The zero-order chi connectivity index (χ0) is 28.2. The van der Waals surface area contributed by atoms with Gasteiger partial charge in [0, 0.05) is 28.9 Å². The fourth-order valence-electron chi connectivity index (χ4n) is 4.25. The summed E-state index contributed by atoms with van der Waals surface area (Å²) in [7, 11) is 0. The number of benzene rings is 4. The van der Waals surface area contributed by atoms with Gasteiger partial charge in [-0.15, -0.1) is 0 Å². The molecule has 0 atom stereocenters. The van der Waals surface area contributed by atoms with Crippen LogP contribution >= 0.6 is 11.6 Å². The van der Waals surface area contributed by atoms with Gasteiger partial charge >= 0.3 is 0 Å². The van der Waals surface area contributed by atoms with Gasteiger partial charge in [-0.3, -0.25) is 9.59 Å². The predicted molar refractivity (Wildman–Crippen MR) is 155 cm³/mol. The number of hydrogen-bond donors (Lipinski definition) is 2. The molecule has 0 fully saturated rings. The molecule has 0 saturated carbocycles. The topological polar surface area (TPSA) is 104 Å². The Hall–Kier alpha value is -5.28. The van der Waals surface area contributed by atoms with E-state index in [1.807, 2.05) is 30.3 Å². The third-order valence-corrected chi connectivity index (χ3v) is 6.49. The van der Waals surface area contributed by atoms with E-state index in [2.05, 4.69) is 15.7 Å². The minimum atomic E-state index is -0.482. The Morgan fingerprint density at radius 2 is 1.76 bits per heavy atom. The van der Waals surface area contributed by atoms with Gasteiger partial charge in [0.2, 0.25) is 6.79 Å². The largest absolute Gasteiger partial charge is 0.454 e. The second kappa shape index (κ2) is 11.4. The monoisotopic (exact) mass is 566 g/mol. The first kappa shape index (κ1) is 26.0. The molecule has 0 spiro atoms. The maximum absolute atomic E-state index is 13.8. The number of aromatic nitrogens is 2. The summed E-state index contributed by atoms with van der Waals surface area (Å²) in [5.74, 6) is 1.48. The normalized spacial score (nSPS) is 11.6. The summed E-state index contributed by atoms with van der Waals surface area (Å²) in [4.78, 5) is 26.6. The Bertz CT molecular complexity index is 1790. The molecule has 4 aromatic carbocycles. The average Bonchev–Trinajstić information content (AvgIpc) is 3.46. The molecule has 0 aliphatic carbocycles. The predicted octanol–water partition coefficient (Wildman–Crippen LogP) is 6.08. The van der Waals surface area contributed by atoms with Crippen molar-refractivity contribution in [3.8, 4) is 28.7 Å². The van der Waals surface area contributed by atoms with Gasteiger partial charge in [0.1, 0.15) is 5.75 Å². The van der Waals surface area contributed by atoms with Gasteiger partial charge in [-0.25, -0.2) is 0 Å². The van der Waals surface area contributed by atoms with E-state index < -0.39 is 5.56 Å². The average molecular weight is 567 g/mol. The highest BCUT2D eigenvalue weighted by molar-refractivity contribution is 6.30. The standard InChI is InChI=1S/C31H23ClN4O5/c32-22-9-5-11-24(15-22)36-31(38)29(28(18-34-36)41-25-12-13-26-27(16-25)40-19-39-26)35-23-10-4-8-21(14-23)30(37)33-17-20-6-2-1-3-7-20/h1-16,18,35H,17,19H2,(H,33,37). The fourth-order valence-corrected chi connectivity index (χ4v) is 4.44. The van der Waals surface area contributed by atoms with Crippen LogP contribution in [0.1, 0.15) is 15.9 Å². The number of anilines is 2. The maximum atomic E-state index is 13.8. The highest BCUT2D eigenvalue weighted by atomic mass is 35.5. The Labute approximate surface area is 239 Å². The minimum Gasteiger partial charge on any atom is -0.454 e. The molecule has 9 nitrogen and oxygen atoms in total. The second-order valence-electron chi connectivity index (χ2n) is 9.07. The summed E-state index contributed by atoms with van der Waals surface area (Å²) in [6, 6.07) is 28.4. The number of carbonyl (C=O) groups is 1. The third-order valence-electron chi connectivity index (χ3n) is 6.26. The van der Waals surface area contributed by atoms with Gasteiger partial charge in [0.15, 0.2) is 22.9 Å². The number of carbonyl (C=O) groups excluding carboxylic acids is 1. The fraction of sp³-hybridized carbons (Fsp3) is 0.0645. The summed E-state index contributed by atoms with van der Waals surface area (Å²) >= 11 is 6.17. The van der Waals surface area contributed by atoms with Crippen molar-refractivity contribution in [2.75, 3.05) is 12.1 Å². The van der Waals surface area contributed by atoms with Crippen molar-refractivity contribution in [1.29, 1.82) is 0 Å². The molecule has 1 aromatic heterocycles. The van der Waals surface area contributed by atoms with Crippen LogP contribution in [0.25, 0.3) is 5.69 Å². The van der Waals surface area contributed by atoms with E-state index in [0.717, 1.165) is 5.56 Å². The molecule has 6 rings (SSSR count). The SMILES string of the molecule is O=C(NCc1ccccc1)c1cccc(Nc2c(Oc3ccc4c(c3)OCO4)cnn(-c3cccc(Cl)c3)c2=O)c1. The molecule has 1 aliphatic heterocycles. The van der Waals surface area contributed by atoms with Gasteiger partial charge in [-0.1, -0.05) is 54.1 Å². The van der Waals surface area contributed by atoms with Gasteiger partial charge < -0.3 is 24.8 Å². The molecule has 1 aliphatic rings. The smallest absolute Gasteiger partial charge is 0.299 e. The summed E-state index contributed by atoms with van der Waals surface area (Å²) in [6.45, 7) is 0.512. The summed E-state index contributed by atoms with van der Waals surface area (Å²) in [6.07, 6.45) is 1.44. The van der Waals surface area contributed by atoms with Crippen LogP contribution in [0.4, 0.5) is 11.4 Å². The van der Waals surface area contributed by atoms with E-state index in [-0.39, 0.29) is 24.1 Å². The lowest BCUT2D eigenvalue weighted by molar-refractivity contribution is 0.0951. The third kappa shape index (κ3) is 5.85. The number of fused-ring (bicyclic) bond motifs is 1. The molecule has 1 amide bonds. The molecular weight excluding hydrogens is 544 g/mol. The van der Waals surface area contributed by atoms with Crippen molar-refractivity contribution in [1.82, 2.24) is 15.1 Å². The van der Waals surface area contributed by atoms with E-state index in [9.17, 15) is 9.59 Å². The molecule has 0 bridgehead atoms. The van der Waals surface area contributed by atoms with Crippen molar-refractivity contribution < 1.29 is 19.0 Å². The Morgan fingerprint density at radius 3 is 2.61 bits per heavy atom. The number of rotatable bonds is 8. The molecule has 0 unspecified atom stereocenters. The lowest BCUT2D eigenvalue weighted by Crippen LogP contribution is -2.24.